The Morgan fingerprint density at radius 2 is 2.16 bits per heavy atom. The van der Waals surface area contributed by atoms with Gasteiger partial charge in [-0.1, -0.05) is 6.92 Å². The lowest BCUT2D eigenvalue weighted by atomic mass is 10.3. The average molecular weight is 264 g/mol. The molecule has 104 valence electrons. The van der Waals surface area contributed by atoms with Gasteiger partial charge < -0.3 is 15.3 Å². The van der Waals surface area contributed by atoms with E-state index in [-0.39, 0.29) is 6.61 Å². The van der Waals surface area contributed by atoms with E-state index in [1.54, 1.807) is 6.20 Å². The molecular weight excluding hydrogens is 244 g/mol. The van der Waals surface area contributed by atoms with Gasteiger partial charge in [0, 0.05) is 19.6 Å². The molecule has 2 heterocycles. The van der Waals surface area contributed by atoms with Gasteiger partial charge in [0.1, 0.15) is 5.82 Å². The molecule has 2 aromatic heterocycles. The fourth-order valence-electron chi connectivity index (χ4n) is 2.01. The second kappa shape index (κ2) is 6.33. The molecule has 0 saturated carbocycles. The van der Waals surface area contributed by atoms with Crippen molar-refractivity contribution in [1.82, 2.24) is 20.2 Å². The third kappa shape index (κ3) is 2.93. The van der Waals surface area contributed by atoms with Crippen molar-refractivity contribution in [3.63, 3.8) is 0 Å². The maximum absolute atomic E-state index is 9.20. The molecule has 0 saturated heterocycles. The molecular formula is C12H20N6O. The molecule has 0 aliphatic heterocycles. The first-order chi connectivity index (χ1) is 9.30. The van der Waals surface area contributed by atoms with E-state index in [0.29, 0.717) is 18.1 Å². The average Bonchev–Trinajstić information content (AvgIpc) is 2.86. The first-order valence-electron chi connectivity index (χ1n) is 6.60. The summed E-state index contributed by atoms with van der Waals surface area (Å²) in [5.41, 5.74) is 0.708. The highest BCUT2D eigenvalue weighted by molar-refractivity contribution is 5.87. The van der Waals surface area contributed by atoms with Crippen molar-refractivity contribution >= 4 is 22.8 Å². The molecule has 2 aromatic rings. The molecule has 7 heteroatoms. The predicted molar refractivity (Wildman–Crippen MR) is 75.4 cm³/mol. The number of hydrogen-bond donors (Lipinski definition) is 3. The number of nitrogens with zero attached hydrogens (tertiary/aromatic N) is 4. The van der Waals surface area contributed by atoms with Crippen molar-refractivity contribution in [2.24, 2.45) is 0 Å². The highest BCUT2D eigenvalue weighted by atomic mass is 16.3. The van der Waals surface area contributed by atoms with Crippen LogP contribution in [0.2, 0.25) is 0 Å². The van der Waals surface area contributed by atoms with Crippen molar-refractivity contribution < 1.29 is 5.11 Å². The summed E-state index contributed by atoms with van der Waals surface area (Å²) < 4.78 is 0. The molecule has 0 fully saturated rings. The van der Waals surface area contributed by atoms with Crippen LogP contribution in [0.3, 0.4) is 0 Å². The van der Waals surface area contributed by atoms with Crippen molar-refractivity contribution in [1.29, 1.82) is 0 Å². The minimum absolute atomic E-state index is 0.0971. The van der Waals surface area contributed by atoms with Crippen LogP contribution in [-0.4, -0.2) is 51.5 Å². The van der Waals surface area contributed by atoms with E-state index in [1.165, 1.54) is 0 Å². The van der Waals surface area contributed by atoms with Crippen LogP contribution in [0, 0.1) is 0 Å². The zero-order valence-electron chi connectivity index (χ0n) is 11.3. The first kappa shape index (κ1) is 13.5. The van der Waals surface area contributed by atoms with Crippen molar-refractivity contribution in [3.05, 3.63) is 6.20 Å². The summed E-state index contributed by atoms with van der Waals surface area (Å²) in [5, 5.41) is 20.1. The maximum atomic E-state index is 9.20. The van der Waals surface area contributed by atoms with Gasteiger partial charge in [-0.2, -0.15) is 15.1 Å². The monoisotopic (exact) mass is 264 g/mol. The van der Waals surface area contributed by atoms with Crippen LogP contribution >= 0.6 is 0 Å². The summed E-state index contributed by atoms with van der Waals surface area (Å²) in [4.78, 5) is 10.9. The summed E-state index contributed by atoms with van der Waals surface area (Å²) in [6.07, 6.45) is 2.71. The molecule has 7 nitrogen and oxygen atoms in total. The van der Waals surface area contributed by atoms with Crippen LogP contribution in [0.25, 0.3) is 11.0 Å². The molecule has 0 aliphatic rings. The van der Waals surface area contributed by atoms with E-state index in [4.69, 9.17) is 0 Å². The van der Waals surface area contributed by atoms with Gasteiger partial charge in [0.15, 0.2) is 5.65 Å². The van der Waals surface area contributed by atoms with E-state index in [9.17, 15) is 5.11 Å². The Bertz CT molecular complexity index is 520. The number of aliphatic hydroxyl groups is 1. The number of nitrogens with one attached hydrogen (secondary N) is 2. The van der Waals surface area contributed by atoms with Crippen molar-refractivity contribution in [3.8, 4) is 0 Å². The summed E-state index contributed by atoms with van der Waals surface area (Å²) in [6.45, 7) is 6.34. The van der Waals surface area contributed by atoms with Crippen molar-refractivity contribution in [2.75, 3.05) is 36.5 Å². The Morgan fingerprint density at radius 1 is 1.32 bits per heavy atom. The van der Waals surface area contributed by atoms with Gasteiger partial charge in [-0.25, -0.2) is 0 Å². The molecule has 0 spiro atoms. The third-order valence-electron chi connectivity index (χ3n) is 2.79. The van der Waals surface area contributed by atoms with Gasteiger partial charge in [0.25, 0.3) is 0 Å². The number of hydrogen-bond acceptors (Lipinski definition) is 6. The smallest absolute Gasteiger partial charge is 0.226 e. The molecule has 3 N–H and O–H groups in total. The van der Waals surface area contributed by atoms with Crippen LogP contribution in [0.5, 0.6) is 0 Å². The van der Waals surface area contributed by atoms with Crippen LogP contribution < -0.4 is 10.2 Å². The summed E-state index contributed by atoms with van der Waals surface area (Å²) in [6, 6.07) is 0. The second-order valence-corrected chi connectivity index (χ2v) is 4.24. The minimum Gasteiger partial charge on any atom is -0.395 e. The molecule has 0 aromatic carbocycles. The number of aromatic nitrogens is 4. The minimum atomic E-state index is 0.0971. The first-order valence-corrected chi connectivity index (χ1v) is 6.60. The number of aliphatic hydroxyl groups excluding tert-OH is 1. The van der Waals surface area contributed by atoms with Crippen molar-refractivity contribution in [2.45, 2.75) is 20.3 Å². The number of fused-ring (bicyclic) bond motifs is 1. The van der Waals surface area contributed by atoms with E-state index in [2.05, 4.69) is 37.3 Å². The zero-order valence-corrected chi connectivity index (χ0v) is 11.3. The standard InChI is InChI=1S/C12H20N6O/c1-3-5-18(6-7-19)11-9-8-14-17-10(9)15-12(16-11)13-4-2/h8,19H,3-7H2,1-2H3,(H2,13,14,15,16,17). The topological polar surface area (TPSA) is 90.0 Å². The Kier molecular flexibility index (Phi) is 4.51. The molecule has 0 aliphatic carbocycles. The SMILES string of the molecule is CCCN(CCO)c1nc(NCC)nc2[nH]ncc12. The van der Waals surface area contributed by atoms with Crippen LogP contribution in [0.4, 0.5) is 11.8 Å². The van der Waals surface area contributed by atoms with Gasteiger partial charge in [-0.15, -0.1) is 0 Å². The Morgan fingerprint density at radius 3 is 2.84 bits per heavy atom. The maximum Gasteiger partial charge on any atom is 0.226 e. The Balaban J connectivity index is 2.45. The van der Waals surface area contributed by atoms with Gasteiger partial charge in [0.2, 0.25) is 5.95 Å². The fourth-order valence-corrected chi connectivity index (χ4v) is 2.01. The van der Waals surface area contributed by atoms with Gasteiger partial charge in [-0.3, -0.25) is 5.10 Å². The molecule has 0 radical (unpaired) electrons. The van der Waals surface area contributed by atoms with Gasteiger partial charge in [-0.05, 0) is 13.3 Å². The van der Waals surface area contributed by atoms with E-state index in [0.717, 1.165) is 30.7 Å². The quantitative estimate of drug-likeness (QED) is 0.691. The summed E-state index contributed by atoms with van der Waals surface area (Å²) in [7, 11) is 0. The number of rotatable bonds is 7. The van der Waals surface area contributed by atoms with E-state index in [1.807, 2.05) is 6.92 Å². The normalized spacial score (nSPS) is 10.9. The van der Waals surface area contributed by atoms with Gasteiger partial charge >= 0.3 is 0 Å². The lowest BCUT2D eigenvalue weighted by Gasteiger charge is -2.23. The van der Waals surface area contributed by atoms with E-state index >= 15 is 0 Å². The van der Waals surface area contributed by atoms with E-state index < -0.39 is 0 Å². The van der Waals surface area contributed by atoms with Crippen LogP contribution in [-0.2, 0) is 0 Å². The molecule has 19 heavy (non-hydrogen) atoms. The highest BCUT2D eigenvalue weighted by Gasteiger charge is 2.14. The second-order valence-electron chi connectivity index (χ2n) is 4.24. The number of H-pyrrole nitrogens is 1. The van der Waals surface area contributed by atoms with Gasteiger partial charge in [0.05, 0.1) is 18.2 Å². The third-order valence-corrected chi connectivity index (χ3v) is 2.79. The summed E-state index contributed by atoms with van der Waals surface area (Å²) >= 11 is 0. The Labute approximate surface area is 112 Å². The highest BCUT2D eigenvalue weighted by Crippen LogP contribution is 2.23. The predicted octanol–water partition coefficient (Wildman–Crippen LogP) is 0.993. The number of aromatic amines is 1. The fraction of sp³-hybridized carbons (Fsp3) is 0.583. The van der Waals surface area contributed by atoms with Crippen LogP contribution in [0.1, 0.15) is 20.3 Å². The van der Waals surface area contributed by atoms with Crippen LogP contribution in [0.15, 0.2) is 6.20 Å². The lowest BCUT2D eigenvalue weighted by molar-refractivity contribution is 0.301. The molecule has 0 atom stereocenters. The summed E-state index contributed by atoms with van der Waals surface area (Å²) in [5.74, 6) is 1.39. The molecule has 0 amide bonds. The zero-order chi connectivity index (χ0) is 13.7. The number of anilines is 2. The molecule has 0 bridgehead atoms. The molecule has 0 unspecified atom stereocenters. The lowest BCUT2D eigenvalue weighted by Crippen LogP contribution is -2.28. The Hall–Kier alpha value is -1.89. The largest absolute Gasteiger partial charge is 0.395 e. The molecule has 2 rings (SSSR count).